The SMILES string of the molecule is CC(C)(C)c1ncc(C(=O)N2CCCC(C3=NS(=O)(=O)c4ccccc4N3)C2)cn1. The van der Waals surface area contributed by atoms with Gasteiger partial charge in [-0.15, -0.1) is 4.40 Å². The van der Waals surface area contributed by atoms with E-state index in [9.17, 15) is 13.2 Å². The zero-order valence-corrected chi connectivity index (χ0v) is 18.1. The van der Waals surface area contributed by atoms with Gasteiger partial charge >= 0.3 is 0 Å². The number of sulfonamides is 1. The van der Waals surface area contributed by atoms with Crippen LogP contribution in [0.2, 0.25) is 0 Å². The summed E-state index contributed by atoms with van der Waals surface area (Å²) in [7, 11) is -3.75. The largest absolute Gasteiger partial charge is 0.342 e. The maximum absolute atomic E-state index is 13.0. The molecule has 2 aliphatic rings. The minimum Gasteiger partial charge on any atom is -0.342 e. The first-order chi connectivity index (χ1) is 14.1. The molecule has 1 fully saturated rings. The molecule has 0 aliphatic carbocycles. The summed E-state index contributed by atoms with van der Waals surface area (Å²) in [5, 5.41) is 3.15. The summed E-state index contributed by atoms with van der Waals surface area (Å²) >= 11 is 0. The van der Waals surface area contributed by atoms with Crippen LogP contribution in [0.4, 0.5) is 5.69 Å². The number of piperidine rings is 1. The third-order valence-corrected chi connectivity index (χ3v) is 6.66. The molecule has 0 radical (unpaired) electrons. The summed E-state index contributed by atoms with van der Waals surface area (Å²) in [5.74, 6) is 0.742. The highest BCUT2D eigenvalue weighted by atomic mass is 32.2. The summed E-state index contributed by atoms with van der Waals surface area (Å²) in [5.41, 5.74) is 0.766. The fourth-order valence-corrected chi connectivity index (χ4v) is 4.90. The Morgan fingerprint density at radius 2 is 1.87 bits per heavy atom. The highest BCUT2D eigenvalue weighted by molar-refractivity contribution is 7.90. The lowest BCUT2D eigenvalue weighted by Gasteiger charge is -2.34. The Hall–Kier alpha value is -2.81. The van der Waals surface area contributed by atoms with Crippen LogP contribution in [0.15, 0.2) is 46.0 Å². The quantitative estimate of drug-likeness (QED) is 0.790. The average molecular weight is 428 g/mol. The first-order valence-electron chi connectivity index (χ1n) is 9.98. The van der Waals surface area contributed by atoms with Crippen LogP contribution in [0.1, 0.15) is 49.8 Å². The Balaban J connectivity index is 1.53. The summed E-state index contributed by atoms with van der Waals surface area (Å²) in [6, 6.07) is 6.71. The van der Waals surface area contributed by atoms with Crippen molar-refractivity contribution in [2.24, 2.45) is 10.3 Å². The van der Waals surface area contributed by atoms with Crippen molar-refractivity contribution < 1.29 is 13.2 Å². The molecule has 8 nitrogen and oxygen atoms in total. The van der Waals surface area contributed by atoms with Crippen LogP contribution in [-0.2, 0) is 15.4 Å². The molecule has 30 heavy (non-hydrogen) atoms. The van der Waals surface area contributed by atoms with E-state index in [2.05, 4.69) is 19.7 Å². The second kappa shape index (κ2) is 7.46. The average Bonchev–Trinajstić information content (AvgIpc) is 2.72. The van der Waals surface area contributed by atoms with Crippen LogP contribution >= 0.6 is 0 Å². The number of carbonyl (C=O) groups is 1. The van der Waals surface area contributed by atoms with E-state index in [-0.39, 0.29) is 22.1 Å². The molecule has 158 valence electrons. The molecule has 9 heteroatoms. The standard InChI is InChI=1S/C21H25N5O3S/c1-21(2,3)20-22-11-15(12-23-20)19(27)26-10-6-7-14(13-26)18-24-16-8-4-5-9-17(16)30(28,29)25-18/h4-5,8-9,11-12,14H,6-7,10,13H2,1-3H3,(H,24,25). The van der Waals surface area contributed by atoms with E-state index < -0.39 is 10.0 Å². The van der Waals surface area contributed by atoms with Crippen molar-refractivity contribution in [2.75, 3.05) is 18.4 Å². The Morgan fingerprint density at radius 1 is 1.17 bits per heavy atom. The van der Waals surface area contributed by atoms with Gasteiger partial charge in [0.05, 0.1) is 11.3 Å². The van der Waals surface area contributed by atoms with Crippen molar-refractivity contribution in [2.45, 2.75) is 43.9 Å². The predicted molar refractivity (Wildman–Crippen MR) is 114 cm³/mol. The fraction of sp³-hybridized carbons (Fsp3) is 0.429. The summed E-state index contributed by atoms with van der Waals surface area (Å²) in [6.45, 7) is 7.05. The molecule has 1 aromatic carbocycles. The first kappa shape index (κ1) is 20.5. The Bertz CT molecular complexity index is 1100. The topological polar surface area (TPSA) is 105 Å². The van der Waals surface area contributed by atoms with Gasteiger partial charge < -0.3 is 10.2 Å². The second-order valence-electron chi connectivity index (χ2n) is 8.71. The van der Waals surface area contributed by atoms with Gasteiger partial charge in [0.15, 0.2) is 0 Å². The number of hydrogen-bond acceptors (Lipinski definition) is 6. The lowest BCUT2D eigenvalue weighted by molar-refractivity contribution is 0.0702. The van der Waals surface area contributed by atoms with Crippen LogP contribution in [0.3, 0.4) is 0 Å². The molecule has 2 aliphatic heterocycles. The van der Waals surface area contributed by atoms with E-state index in [1.807, 2.05) is 20.8 Å². The predicted octanol–water partition coefficient (Wildman–Crippen LogP) is 2.84. The fourth-order valence-electron chi connectivity index (χ4n) is 3.70. The normalized spacial score (nSPS) is 20.7. The summed E-state index contributed by atoms with van der Waals surface area (Å²) < 4.78 is 29.1. The number of fused-ring (bicyclic) bond motifs is 1. The second-order valence-corrected chi connectivity index (χ2v) is 10.3. The number of amides is 1. The molecule has 1 aromatic heterocycles. The van der Waals surface area contributed by atoms with Crippen molar-refractivity contribution in [3.05, 3.63) is 48.0 Å². The van der Waals surface area contributed by atoms with Crippen LogP contribution in [-0.4, -0.2) is 48.1 Å². The molecular weight excluding hydrogens is 402 g/mol. The lowest BCUT2D eigenvalue weighted by atomic mass is 9.95. The van der Waals surface area contributed by atoms with Gasteiger partial charge in [0.25, 0.3) is 15.9 Å². The van der Waals surface area contributed by atoms with E-state index in [0.717, 1.165) is 12.8 Å². The smallest absolute Gasteiger partial charge is 0.286 e. The van der Waals surface area contributed by atoms with E-state index in [4.69, 9.17) is 0 Å². The highest BCUT2D eigenvalue weighted by Gasteiger charge is 2.33. The highest BCUT2D eigenvalue weighted by Crippen LogP contribution is 2.30. The molecule has 0 spiro atoms. The van der Waals surface area contributed by atoms with Crippen LogP contribution in [0.25, 0.3) is 0 Å². The third kappa shape index (κ3) is 3.94. The molecular formula is C21H25N5O3S. The summed E-state index contributed by atoms with van der Waals surface area (Å²) in [4.78, 5) is 23.6. The number of anilines is 1. The molecule has 0 bridgehead atoms. The molecule has 1 saturated heterocycles. The van der Waals surface area contributed by atoms with Gasteiger partial charge in [-0.3, -0.25) is 4.79 Å². The molecule has 1 amide bonds. The number of nitrogens with one attached hydrogen (secondary N) is 1. The van der Waals surface area contributed by atoms with Gasteiger partial charge in [0, 0.05) is 36.8 Å². The number of likely N-dealkylation sites (tertiary alicyclic amines) is 1. The number of nitrogens with zero attached hydrogens (tertiary/aromatic N) is 4. The van der Waals surface area contributed by atoms with Gasteiger partial charge in [0.1, 0.15) is 16.6 Å². The number of rotatable bonds is 2. The third-order valence-electron chi connectivity index (χ3n) is 5.31. The summed E-state index contributed by atoms with van der Waals surface area (Å²) in [6.07, 6.45) is 4.65. The molecule has 4 rings (SSSR count). The molecule has 0 saturated carbocycles. The van der Waals surface area contributed by atoms with Gasteiger partial charge in [0.2, 0.25) is 0 Å². The van der Waals surface area contributed by atoms with Crippen molar-refractivity contribution in [1.82, 2.24) is 14.9 Å². The Morgan fingerprint density at radius 3 is 2.57 bits per heavy atom. The van der Waals surface area contributed by atoms with Crippen LogP contribution < -0.4 is 5.32 Å². The zero-order valence-electron chi connectivity index (χ0n) is 17.3. The van der Waals surface area contributed by atoms with Gasteiger partial charge in [-0.2, -0.15) is 8.42 Å². The van der Waals surface area contributed by atoms with Crippen LogP contribution in [0, 0.1) is 5.92 Å². The lowest BCUT2D eigenvalue weighted by Crippen LogP contribution is -2.44. The Labute approximate surface area is 176 Å². The molecule has 3 heterocycles. The maximum Gasteiger partial charge on any atom is 0.286 e. The van der Waals surface area contributed by atoms with Crippen molar-refractivity contribution in [1.29, 1.82) is 0 Å². The molecule has 1 N–H and O–H groups in total. The van der Waals surface area contributed by atoms with Crippen molar-refractivity contribution in [3.8, 4) is 0 Å². The van der Waals surface area contributed by atoms with Crippen molar-refractivity contribution >= 4 is 27.5 Å². The minimum atomic E-state index is -3.75. The van der Waals surface area contributed by atoms with Gasteiger partial charge in [-0.25, -0.2) is 9.97 Å². The van der Waals surface area contributed by atoms with E-state index >= 15 is 0 Å². The van der Waals surface area contributed by atoms with E-state index in [1.165, 1.54) is 6.07 Å². The monoisotopic (exact) mass is 427 g/mol. The number of hydrogen-bond donors (Lipinski definition) is 1. The molecule has 2 aromatic rings. The number of benzene rings is 1. The van der Waals surface area contributed by atoms with E-state index in [0.29, 0.717) is 36.0 Å². The van der Waals surface area contributed by atoms with Gasteiger partial charge in [-0.1, -0.05) is 32.9 Å². The Kier molecular flexibility index (Phi) is 5.09. The molecule has 1 atom stereocenters. The number of amidine groups is 1. The zero-order chi connectivity index (χ0) is 21.5. The molecule has 1 unspecified atom stereocenters. The number of para-hydroxylation sites is 1. The van der Waals surface area contributed by atoms with Gasteiger partial charge in [-0.05, 0) is 25.0 Å². The number of carbonyl (C=O) groups excluding carboxylic acids is 1. The first-order valence-corrected chi connectivity index (χ1v) is 11.4. The maximum atomic E-state index is 13.0. The van der Waals surface area contributed by atoms with Crippen LogP contribution in [0.5, 0.6) is 0 Å². The number of aromatic nitrogens is 2. The minimum absolute atomic E-state index is 0.153. The van der Waals surface area contributed by atoms with Crippen molar-refractivity contribution in [3.63, 3.8) is 0 Å². The van der Waals surface area contributed by atoms with E-state index in [1.54, 1.807) is 35.5 Å².